The Morgan fingerprint density at radius 3 is 2.52 bits per heavy atom. The zero-order chi connectivity index (χ0) is 18.0. The first-order valence-corrected chi connectivity index (χ1v) is 8.38. The number of hydrogen-bond donors (Lipinski definition) is 2. The van der Waals surface area contributed by atoms with E-state index in [9.17, 15) is 4.79 Å². The lowest BCUT2D eigenvalue weighted by molar-refractivity contribution is 0.0697. The molecule has 1 aromatic heterocycles. The van der Waals surface area contributed by atoms with Crippen LogP contribution < -0.4 is 5.32 Å². The maximum atomic E-state index is 11.0. The Bertz CT molecular complexity index is 937. The summed E-state index contributed by atoms with van der Waals surface area (Å²) in [4.78, 5) is 11.0. The summed E-state index contributed by atoms with van der Waals surface area (Å²) in [7, 11) is 0. The molecular weight excluding hydrogens is 385 g/mol. The summed E-state index contributed by atoms with van der Waals surface area (Å²) in [5, 5.41) is 13.6. The summed E-state index contributed by atoms with van der Waals surface area (Å²) in [6.45, 7) is 0.341. The number of carbonyl (C=O) groups is 1. The first-order chi connectivity index (χ1) is 11.9. The van der Waals surface area contributed by atoms with Crippen LogP contribution in [0, 0.1) is 0 Å². The summed E-state index contributed by atoms with van der Waals surface area (Å²) >= 11 is 18.2. The van der Waals surface area contributed by atoms with Gasteiger partial charge in [-0.3, -0.25) is 0 Å². The first-order valence-electron chi connectivity index (χ1n) is 7.25. The van der Waals surface area contributed by atoms with Crippen LogP contribution in [0.4, 0.5) is 5.69 Å². The van der Waals surface area contributed by atoms with Crippen LogP contribution in [0.2, 0.25) is 15.1 Å². The van der Waals surface area contributed by atoms with Gasteiger partial charge >= 0.3 is 5.97 Å². The van der Waals surface area contributed by atoms with E-state index in [4.69, 9.17) is 44.3 Å². The van der Waals surface area contributed by atoms with Gasteiger partial charge in [0.25, 0.3) is 0 Å². The Kier molecular flexibility index (Phi) is 5.23. The van der Waals surface area contributed by atoms with Crippen LogP contribution >= 0.6 is 34.8 Å². The van der Waals surface area contributed by atoms with E-state index in [-0.39, 0.29) is 5.56 Å². The third-order valence-corrected chi connectivity index (χ3v) is 4.40. The minimum Gasteiger partial charge on any atom is -0.478 e. The second-order valence-corrected chi connectivity index (χ2v) is 6.49. The van der Waals surface area contributed by atoms with Gasteiger partial charge in [-0.15, -0.1) is 0 Å². The van der Waals surface area contributed by atoms with Gasteiger partial charge < -0.3 is 14.8 Å². The highest BCUT2D eigenvalue weighted by atomic mass is 35.5. The molecule has 0 amide bonds. The average Bonchev–Trinajstić information content (AvgIpc) is 3.02. The summed E-state index contributed by atoms with van der Waals surface area (Å²) in [6.07, 6.45) is 0. The molecule has 7 heteroatoms. The summed E-state index contributed by atoms with van der Waals surface area (Å²) in [6, 6.07) is 13.2. The Balaban J connectivity index is 1.76. The second kappa shape index (κ2) is 7.40. The number of rotatable bonds is 5. The Morgan fingerprint density at radius 1 is 1.00 bits per heavy atom. The fourth-order valence-corrected chi connectivity index (χ4v) is 2.97. The minimum atomic E-state index is -1.02. The third-order valence-electron chi connectivity index (χ3n) is 3.52. The lowest BCUT2D eigenvalue weighted by atomic mass is 10.2. The van der Waals surface area contributed by atoms with E-state index in [1.165, 1.54) is 18.2 Å². The molecule has 0 spiro atoms. The van der Waals surface area contributed by atoms with E-state index in [0.717, 1.165) is 5.56 Å². The lowest BCUT2D eigenvalue weighted by Gasteiger charge is -2.08. The molecule has 0 aliphatic heterocycles. The van der Waals surface area contributed by atoms with E-state index in [1.54, 1.807) is 24.3 Å². The molecule has 2 aromatic carbocycles. The molecule has 0 aliphatic carbocycles. The van der Waals surface area contributed by atoms with Crippen molar-refractivity contribution in [2.75, 3.05) is 5.32 Å². The van der Waals surface area contributed by atoms with Gasteiger partial charge in [-0.05, 0) is 48.5 Å². The molecule has 0 atom stereocenters. The van der Waals surface area contributed by atoms with E-state index >= 15 is 0 Å². The van der Waals surface area contributed by atoms with Crippen molar-refractivity contribution in [1.29, 1.82) is 0 Å². The second-order valence-electron chi connectivity index (χ2n) is 5.24. The lowest BCUT2D eigenvalue weighted by Crippen LogP contribution is -2.02. The van der Waals surface area contributed by atoms with Crippen molar-refractivity contribution >= 4 is 46.5 Å². The number of nitrogens with one attached hydrogen (secondary N) is 1. The van der Waals surface area contributed by atoms with Gasteiger partial charge in [0.05, 0.1) is 27.8 Å². The van der Waals surface area contributed by atoms with Crippen molar-refractivity contribution in [3.63, 3.8) is 0 Å². The SMILES string of the molecule is O=C(O)c1ccc(Cl)c(NCc2ccc(-c3ccc(Cl)cc3Cl)o2)c1. The number of aromatic carboxylic acids is 1. The molecule has 3 rings (SSSR count). The number of anilines is 1. The largest absolute Gasteiger partial charge is 0.478 e. The van der Waals surface area contributed by atoms with Crippen LogP contribution in [-0.4, -0.2) is 11.1 Å². The molecule has 0 radical (unpaired) electrons. The van der Waals surface area contributed by atoms with Gasteiger partial charge in [0, 0.05) is 10.6 Å². The van der Waals surface area contributed by atoms with Crippen molar-refractivity contribution in [2.24, 2.45) is 0 Å². The molecule has 0 saturated heterocycles. The zero-order valence-corrected chi connectivity index (χ0v) is 15.0. The van der Waals surface area contributed by atoms with Gasteiger partial charge in [-0.2, -0.15) is 0 Å². The molecule has 2 N–H and O–H groups in total. The van der Waals surface area contributed by atoms with Crippen LogP contribution in [0.1, 0.15) is 16.1 Å². The molecule has 128 valence electrons. The Hall–Kier alpha value is -2.14. The highest BCUT2D eigenvalue weighted by Crippen LogP contribution is 2.32. The maximum Gasteiger partial charge on any atom is 0.335 e. The van der Waals surface area contributed by atoms with E-state index in [0.29, 0.717) is 38.8 Å². The van der Waals surface area contributed by atoms with Crippen LogP contribution in [0.5, 0.6) is 0 Å². The molecule has 0 bridgehead atoms. The Labute approximate surface area is 158 Å². The predicted molar refractivity (Wildman–Crippen MR) is 99.9 cm³/mol. The molecule has 3 aromatic rings. The zero-order valence-electron chi connectivity index (χ0n) is 12.7. The first kappa shape index (κ1) is 17.7. The molecule has 0 aliphatic rings. The quantitative estimate of drug-likeness (QED) is 0.537. The van der Waals surface area contributed by atoms with Crippen LogP contribution in [0.3, 0.4) is 0 Å². The maximum absolute atomic E-state index is 11.0. The molecular formula is C18H12Cl3NO3. The number of halogens is 3. The van der Waals surface area contributed by atoms with E-state index in [2.05, 4.69) is 5.32 Å². The number of furan rings is 1. The van der Waals surface area contributed by atoms with E-state index < -0.39 is 5.97 Å². The average molecular weight is 397 g/mol. The topological polar surface area (TPSA) is 62.5 Å². The van der Waals surface area contributed by atoms with Crippen molar-refractivity contribution in [3.8, 4) is 11.3 Å². The fraction of sp³-hybridized carbons (Fsp3) is 0.0556. The molecule has 25 heavy (non-hydrogen) atoms. The smallest absolute Gasteiger partial charge is 0.335 e. The molecule has 0 unspecified atom stereocenters. The summed E-state index contributed by atoms with van der Waals surface area (Å²) in [5.41, 5.74) is 1.41. The van der Waals surface area contributed by atoms with Gasteiger partial charge in [-0.25, -0.2) is 4.79 Å². The molecule has 0 saturated carbocycles. The summed E-state index contributed by atoms with van der Waals surface area (Å²) in [5.74, 6) is 0.249. The normalized spacial score (nSPS) is 10.7. The fourth-order valence-electron chi connectivity index (χ4n) is 2.28. The van der Waals surface area contributed by atoms with Gasteiger partial charge in [0.1, 0.15) is 11.5 Å². The predicted octanol–water partition coefficient (Wildman–Crippen LogP) is 6.22. The molecule has 0 fully saturated rings. The summed E-state index contributed by atoms with van der Waals surface area (Å²) < 4.78 is 5.78. The Morgan fingerprint density at radius 2 is 1.80 bits per heavy atom. The standard InChI is InChI=1S/C18H12Cl3NO3/c19-11-2-4-13(15(21)8-11)17-6-3-12(25-17)9-22-16-7-10(18(23)24)1-5-14(16)20/h1-8,22H,9H2,(H,23,24). The van der Waals surface area contributed by atoms with E-state index in [1.807, 2.05) is 6.07 Å². The molecule has 4 nitrogen and oxygen atoms in total. The van der Waals surface area contributed by atoms with Gasteiger partial charge in [-0.1, -0.05) is 34.8 Å². The van der Waals surface area contributed by atoms with Crippen molar-refractivity contribution in [2.45, 2.75) is 6.54 Å². The van der Waals surface area contributed by atoms with Crippen LogP contribution in [0.25, 0.3) is 11.3 Å². The number of carboxylic acid groups (broad SMARTS) is 1. The number of carboxylic acids is 1. The highest BCUT2D eigenvalue weighted by molar-refractivity contribution is 6.36. The van der Waals surface area contributed by atoms with Crippen LogP contribution in [-0.2, 0) is 6.54 Å². The monoisotopic (exact) mass is 395 g/mol. The van der Waals surface area contributed by atoms with Gasteiger partial charge in [0.15, 0.2) is 0 Å². The third kappa shape index (κ3) is 4.10. The van der Waals surface area contributed by atoms with Gasteiger partial charge in [0.2, 0.25) is 0 Å². The number of benzene rings is 2. The van der Waals surface area contributed by atoms with Crippen molar-refractivity contribution in [1.82, 2.24) is 0 Å². The minimum absolute atomic E-state index is 0.153. The van der Waals surface area contributed by atoms with Crippen molar-refractivity contribution in [3.05, 3.63) is 74.9 Å². The number of hydrogen-bond acceptors (Lipinski definition) is 3. The van der Waals surface area contributed by atoms with Crippen molar-refractivity contribution < 1.29 is 14.3 Å². The van der Waals surface area contributed by atoms with Crippen LogP contribution in [0.15, 0.2) is 52.9 Å². The molecule has 1 heterocycles. The highest BCUT2D eigenvalue weighted by Gasteiger charge is 2.11.